The number of anilines is 1. The third kappa shape index (κ3) is 4.44. The van der Waals surface area contributed by atoms with Gasteiger partial charge in [-0.05, 0) is 54.2 Å². The van der Waals surface area contributed by atoms with E-state index in [2.05, 4.69) is 0 Å². The molecule has 2 aliphatic heterocycles. The fourth-order valence-electron chi connectivity index (χ4n) is 3.53. The van der Waals surface area contributed by atoms with Crippen molar-refractivity contribution in [3.8, 4) is 0 Å². The molecule has 4 amide bonds. The standard InChI is InChI=1S/C23H21N3O4S2/c1-2-24(17-11-7-4-8-12-17)21-20(28)26(23(30)32-21)14-13-25-19(27)18(31-22(25)29)15-16-9-5-3-6-10-16/h3-12,15,21H,2,13-14H2,1H3/b18-15+. The van der Waals surface area contributed by atoms with E-state index >= 15 is 0 Å². The Labute approximate surface area is 194 Å². The van der Waals surface area contributed by atoms with E-state index in [1.165, 1.54) is 0 Å². The molecule has 0 aliphatic carbocycles. The van der Waals surface area contributed by atoms with Crippen LogP contribution in [0.15, 0.2) is 65.6 Å². The molecule has 4 rings (SSSR count). The molecule has 9 heteroatoms. The minimum absolute atomic E-state index is 0.0236. The molecule has 7 nitrogen and oxygen atoms in total. The predicted octanol–water partition coefficient (Wildman–Crippen LogP) is 4.27. The third-order valence-corrected chi connectivity index (χ3v) is 7.15. The van der Waals surface area contributed by atoms with E-state index in [0.717, 1.165) is 44.6 Å². The van der Waals surface area contributed by atoms with Gasteiger partial charge in [0.05, 0.1) is 4.91 Å². The van der Waals surface area contributed by atoms with Gasteiger partial charge < -0.3 is 4.90 Å². The Morgan fingerprint density at radius 2 is 1.50 bits per heavy atom. The number of imide groups is 2. The summed E-state index contributed by atoms with van der Waals surface area (Å²) in [5, 5.41) is -1.44. The average Bonchev–Trinajstić information content (AvgIpc) is 3.23. The first-order valence-electron chi connectivity index (χ1n) is 10.1. The Hall–Kier alpha value is -3.04. The monoisotopic (exact) mass is 467 g/mol. The van der Waals surface area contributed by atoms with Crippen molar-refractivity contribution >= 4 is 57.6 Å². The molecule has 32 heavy (non-hydrogen) atoms. The Morgan fingerprint density at radius 3 is 2.16 bits per heavy atom. The van der Waals surface area contributed by atoms with Crippen LogP contribution in [-0.2, 0) is 9.59 Å². The van der Waals surface area contributed by atoms with Gasteiger partial charge >= 0.3 is 0 Å². The number of benzene rings is 2. The summed E-state index contributed by atoms with van der Waals surface area (Å²) >= 11 is 1.82. The fourth-order valence-corrected chi connectivity index (χ4v) is 5.52. The summed E-state index contributed by atoms with van der Waals surface area (Å²) in [5.41, 5.74) is 1.68. The van der Waals surface area contributed by atoms with Crippen molar-refractivity contribution in [3.63, 3.8) is 0 Å². The van der Waals surface area contributed by atoms with Gasteiger partial charge in [-0.1, -0.05) is 48.5 Å². The highest BCUT2D eigenvalue weighted by molar-refractivity contribution is 8.18. The zero-order valence-electron chi connectivity index (χ0n) is 17.3. The first-order chi connectivity index (χ1) is 15.5. The van der Waals surface area contributed by atoms with Crippen LogP contribution in [0.4, 0.5) is 15.3 Å². The summed E-state index contributed by atoms with van der Waals surface area (Å²) in [6.07, 6.45) is 1.67. The Kier molecular flexibility index (Phi) is 6.66. The lowest BCUT2D eigenvalue weighted by molar-refractivity contribution is -0.128. The Bertz CT molecular complexity index is 1080. The first kappa shape index (κ1) is 22.2. The minimum atomic E-state index is -0.664. The predicted molar refractivity (Wildman–Crippen MR) is 127 cm³/mol. The number of carbonyl (C=O) groups excluding carboxylic acids is 4. The van der Waals surface area contributed by atoms with Gasteiger partial charge in [-0.2, -0.15) is 0 Å². The molecule has 1 unspecified atom stereocenters. The number of nitrogens with zero attached hydrogens (tertiary/aromatic N) is 3. The molecular weight excluding hydrogens is 446 g/mol. The lowest BCUT2D eigenvalue weighted by Gasteiger charge is -2.27. The van der Waals surface area contributed by atoms with E-state index in [4.69, 9.17) is 0 Å². The quantitative estimate of drug-likeness (QED) is 0.563. The highest BCUT2D eigenvalue weighted by atomic mass is 32.2. The summed E-state index contributed by atoms with van der Waals surface area (Å²) in [6.45, 7) is 2.43. The number of carbonyl (C=O) groups is 4. The number of para-hydroxylation sites is 1. The fraction of sp³-hybridized carbons (Fsp3) is 0.217. The minimum Gasteiger partial charge on any atom is -0.351 e. The molecule has 2 aromatic rings. The molecule has 0 spiro atoms. The second-order valence-corrected chi connectivity index (χ2v) is 9.12. The van der Waals surface area contributed by atoms with Crippen molar-refractivity contribution in [2.24, 2.45) is 0 Å². The van der Waals surface area contributed by atoms with E-state index in [-0.39, 0.29) is 24.2 Å². The van der Waals surface area contributed by atoms with Crippen LogP contribution in [0.1, 0.15) is 12.5 Å². The van der Waals surface area contributed by atoms with Gasteiger partial charge in [-0.25, -0.2) is 0 Å². The van der Waals surface area contributed by atoms with Crippen LogP contribution in [0.25, 0.3) is 6.08 Å². The smallest absolute Gasteiger partial charge is 0.293 e. The number of amides is 4. The molecule has 0 saturated carbocycles. The van der Waals surface area contributed by atoms with Crippen LogP contribution in [0.3, 0.4) is 0 Å². The largest absolute Gasteiger partial charge is 0.351 e. The second kappa shape index (κ2) is 9.62. The summed E-state index contributed by atoms with van der Waals surface area (Å²) < 4.78 is 0. The lowest BCUT2D eigenvalue weighted by atomic mass is 10.2. The van der Waals surface area contributed by atoms with Gasteiger partial charge in [-0.3, -0.25) is 29.0 Å². The number of hydrogen-bond donors (Lipinski definition) is 0. The van der Waals surface area contributed by atoms with E-state index in [1.807, 2.05) is 72.5 Å². The van der Waals surface area contributed by atoms with E-state index < -0.39 is 16.5 Å². The van der Waals surface area contributed by atoms with Crippen molar-refractivity contribution in [1.29, 1.82) is 0 Å². The highest BCUT2D eigenvalue weighted by Crippen LogP contribution is 2.34. The van der Waals surface area contributed by atoms with Crippen molar-refractivity contribution in [2.45, 2.75) is 12.3 Å². The zero-order chi connectivity index (χ0) is 22.7. The van der Waals surface area contributed by atoms with Crippen molar-refractivity contribution in [2.75, 3.05) is 24.5 Å². The lowest BCUT2D eigenvalue weighted by Crippen LogP contribution is -2.44. The molecule has 0 radical (unpaired) electrons. The van der Waals surface area contributed by atoms with Gasteiger partial charge in [0.25, 0.3) is 22.3 Å². The Balaban J connectivity index is 1.43. The van der Waals surface area contributed by atoms with Crippen molar-refractivity contribution in [1.82, 2.24) is 9.80 Å². The normalized spacial score (nSPS) is 20.0. The molecule has 2 aromatic carbocycles. The van der Waals surface area contributed by atoms with Crippen LogP contribution >= 0.6 is 23.5 Å². The third-order valence-electron chi connectivity index (χ3n) is 5.14. The maximum Gasteiger partial charge on any atom is 0.293 e. The van der Waals surface area contributed by atoms with Crippen LogP contribution in [0, 0.1) is 0 Å². The maximum atomic E-state index is 13.0. The molecule has 164 valence electrons. The molecule has 1 atom stereocenters. The molecule has 0 aromatic heterocycles. The summed E-state index contributed by atoms with van der Waals surface area (Å²) in [4.78, 5) is 55.1. The summed E-state index contributed by atoms with van der Waals surface area (Å²) in [5.74, 6) is -0.746. The van der Waals surface area contributed by atoms with E-state index in [1.54, 1.807) is 6.08 Å². The molecule has 2 aliphatic rings. The maximum absolute atomic E-state index is 13.0. The van der Waals surface area contributed by atoms with Crippen LogP contribution in [0.2, 0.25) is 0 Å². The molecule has 2 heterocycles. The van der Waals surface area contributed by atoms with Crippen molar-refractivity contribution in [3.05, 3.63) is 71.1 Å². The molecule has 0 bridgehead atoms. The number of thioether (sulfide) groups is 2. The van der Waals surface area contributed by atoms with E-state index in [0.29, 0.717) is 11.4 Å². The number of rotatable bonds is 7. The van der Waals surface area contributed by atoms with Crippen LogP contribution in [0.5, 0.6) is 0 Å². The zero-order valence-corrected chi connectivity index (χ0v) is 19.0. The molecule has 0 N–H and O–H groups in total. The van der Waals surface area contributed by atoms with E-state index in [9.17, 15) is 19.2 Å². The Morgan fingerprint density at radius 1 is 0.875 bits per heavy atom. The van der Waals surface area contributed by atoms with Gasteiger partial charge in [0.2, 0.25) is 0 Å². The number of hydrogen-bond acceptors (Lipinski definition) is 7. The van der Waals surface area contributed by atoms with Crippen molar-refractivity contribution < 1.29 is 19.2 Å². The highest BCUT2D eigenvalue weighted by Gasteiger charge is 2.44. The average molecular weight is 468 g/mol. The molecular formula is C23H21N3O4S2. The van der Waals surface area contributed by atoms with Gasteiger partial charge in [0.1, 0.15) is 0 Å². The summed E-state index contributed by atoms with van der Waals surface area (Å²) in [6, 6.07) is 18.7. The molecule has 2 saturated heterocycles. The number of likely N-dealkylation sites (N-methyl/N-ethyl adjacent to an activating group) is 1. The topological polar surface area (TPSA) is 78.0 Å². The van der Waals surface area contributed by atoms with Gasteiger partial charge in [0.15, 0.2) is 5.37 Å². The summed E-state index contributed by atoms with van der Waals surface area (Å²) in [7, 11) is 0. The second-order valence-electron chi connectivity index (χ2n) is 7.09. The SMILES string of the molecule is CCN(c1ccccc1)C1SC(=O)N(CCN2C(=O)S/C(=C/c3ccccc3)C2=O)C1=O. The van der Waals surface area contributed by atoms with Gasteiger partial charge in [0, 0.05) is 25.3 Å². The van der Waals surface area contributed by atoms with Crippen LogP contribution < -0.4 is 4.90 Å². The van der Waals surface area contributed by atoms with Gasteiger partial charge in [-0.15, -0.1) is 0 Å². The van der Waals surface area contributed by atoms with Crippen LogP contribution in [-0.4, -0.2) is 57.1 Å². The first-order valence-corrected chi connectivity index (χ1v) is 11.8. The molecule has 2 fully saturated rings.